The SMILES string of the molecule is CC1=NCC(C)=C1c1ccccc1C1CN(C)Cc2sc(Cl)cc21. The van der Waals surface area contributed by atoms with Gasteiger partial charge in [0, 0.05) is 35.2 Å². The van der Waals surface area contributed by atoms with Gasteiger partial charge >= 0.3 is 0 Å². The van der Waals surface area contributed by atoms with E-state index in [-0.39, 0.29) is 0 Å². The molecule has 1 atom stereocenters. The third-order valence-electron chi connectivity index (χ3n) is 5.04. The van der Waals surface area contributed by atoms with Crippen LogP contribution in [0.15, 0.2) is 40.9 Å². The minimum Gasteiger partial charge on any atom is -0.300 e. The summed E-state index contributed by atoms with van der Waals surface area (Å²) in [6.45, 7) is 7.18. The maximum absolute atomic E-state index is 6.34. The smallest absolute Gasteiger partial charge is 0.0934 e. The molecule has 2 aromatic rings. The number of thiophene rings is 1. The first-order valence-electron chi connectivity index (χ1n) is 8.31. The molecule has 0 spiro atoms. The van der Waals surface area contributed by atoms with Crippen LogP contribution in [-0.2, 0) is 6.54 Å². The van der Waals surface area contributed by atoms with Crippen molar-refractivity contribution in [1.82, 2.24) is 4.90 Å². The number of aliphatic imine (C=N–C) groups is 1. The van der Waals surface area contributed by atoms with Gasteiger partial charge < -0.3 is 4.90 Å². The van der Waals surface area contributed by atoms with Crippen LogP contribution in [0.1, 0.15) is 41.3 Å². The number of halogens is 1. The minimum atomic E-state index is 0.368. The average molecular weight is 357 g/mol. The second kappa shape index (κ2) is 6.14. The molecule has 2 nitrogen and oxygen atoms in total. The lowest BCUT2D eigenvalue weighted by Crippen LogP contribution is -2.30. The van der Waals surface area contributed by atoms with Crippen LogP contribution < -0.4 is 0 Å². The molecule has 1 unspecified atom stereocenters. The highest BCUT2D eigenvalue weighted by Crippen LogP contribution is 2.42. The summed E-state index contributed by atoms with van der Waals surface area (Å²) in [6.07, 6.45) is 0. The predicted molar refractivity (Wildman–Crippen MR) is 105 cm³/mol. The molecule has 0 radical (unpaired) electrons. The molecule has 124 valence electrons. The van der Waals surface area contributed by atoms with Gasteiger partial charge in [-0.1, -0.05) is 35.9 Å². The lowest BCUT2D eigenvalue weighted by Gasteiger charge is -2.31. The fourth-order valence-electron chi connectivity index (χ4n) is 3.97. The summed E-state index contributed by atoms with van der Waals surface area (Å²) in [5, 5.41) is 0. The van der Waals surface area contributed by atoms with Gasteiger partial charge in [0.2, 0.25) is 0 Å². The Balaban J connectivity index is 1.87. The molecule has 0 fully saturated rings. The largest absolute Gasteiger partial charge is 0.300 e. The Morgan fingerprint density at radius 2 is 2.00 bits per heavy atom. The Kier molecular flexibility index (Phi) is 4.11. The van der Waals surface area contributed by atoms with Crippen LogP contribution in [0.3, 0.4) is 0 Å². The first kappa shape index (κ1) is 16.1. The summed E-state index contributed by atoms with van der Waals surface area (Å²) in [6, 6.07) is 11.0. The summed E-state index contributed by atoms with van der Waals surface area (Å²) in [7, 11) is 2.19. The van der Waals surface area contributed by atoms with E-state index in [1.54, 1.807) is 11.3 Å². The molecular weight excluding hydrogens is 336 g/mol. The van der Waals surface area contributed by atoms with Gasteiger partial charge in [-0.25, -0.2) is 0 Å². The molecule has 24 heavy (non-hydrogen) atoms. The van der Waals surface area contributed by atoms with Gasteiger partial charge in [0.25, 0.3) is 0 Å². The van der Waals surface area contributed by atoms with Crippen molar-refractivity contribution in [3.05, 3.63) is 61.8 Å². The highest BCUT2D eigenvalue weighted by Gasteiger charge is 2.30. The van der Waals surface area contributed by atoms with Gasteiger partial charge in [-0.3, -0.25) is 4.99 Å². The van der Waals surface area contributed by atoms with Crippen LogP contribution >= 0.6 is 22.9 Å². The molecule has 3 heterocycles. The zero-order valence-electron chi connectivity index (χ0n) is 14.3. The summed E-state index contributed by atoms with van der Waals surface area (Å²) in [4.78, 5) is 8.43. The zero-order chi connectivity index (χ0) is 16.8. The van der Waals surface area contributed by atoms with E-state index in [1.807, 2.05) is 0 Å². The van der Waals surface area contributed by atoms with Crippen LogP contribution in [0.4, 0.5) is 0 Å². The fourth-order valence-corrected chi connectivity index (χ4v) is 5.39. The van der Waals surface area contributed by atoms with E-state index in [9.17, 15) is 0 Å². The van der Waals surface area contributed by atoms with Gasteiger partial charge in [0.05, 0.1) is 10.9 Å². The van der Waals surface area contributed by atoms with E-state index in [4.69, 9.17) is 11.6 Å². The maximum Gasteiger partial charge on any atom is 0.0934 e. The van der Waals surface area contributed by atoms with Crippen molar-refractivity contribution < 1.29 is 0 Å². The Labute approximate surface area is 152 Å². The van der Waals surface area contributed by atoms with Crippen LogP contribution in [0.2, 0.25) is 4.34 Å². The Morgan fingerprint density at radius 1 is 1.21 bits per heavy atom. The molecule has 4 rings (SSSR count). The standard InChI is InChI=1S/C20H21ClN2S/c1-12-9-22-13(2)20(12)15-7-5-4-6-14(15)17-10-23(3)11-18-16(17)8-19(21)24-18/h4-8,17H,9-11H2,1-3H3. The lowest BCUT2D eigenvalue weighted by molar-refractivity contribution is 0.299. The first-order valence-corrected chi connectivity index (χ1v) is 9.51. The van der Waals surface area contributed by atoms with Gasteiger partial charge in [-0.15, -0.1) is 11.3 Å². The highest BCUT2D eigenvalue weighted by atomic mass is 35.5. The second-order valence-corrected chi connectivity index (χ2v) is 8.59. The number of rotatable bonds is 2. The van der Waals surface area contributed by atoms with Crippen LogP contribution in [-0.4, -0.2) is 30.7 Å². The second-order valence-electron chi connectivity index (χ2n) is 6.82. The number of hydrogen-bond donors (Lipinski definition) is 0. The predicted octanol–water partition coefficient (Wildman–Crippen LogP) is 5.23. The Hall–Kier alpha value is -1.42. The molecule has 0 aliphatic carbocycles. The van der Waals surface area contributed by atoms with Crippen molar-refractivity contribution in [2.75, 3.05) is 20.1 Å². The van der Waals surface area contributed by atoms with Crippen molar-refractivity contribution in [3.63, 3.8) is 0 Å². The summed E-state index contributed by atoms with van der Waals surface area (Å²) in [5.41, 5.74) is 8.00. The third-order valence-corrected chi connectivity index (χ3v) is 6.31. The van der Waals surface area contributed by atoms with Crippen LogP contribution in [0, 0.1) is 0 Å². The third kappa shape index (κ3) is 2.65. The van der Waals surface area contributed by atoms with Crippen molar-refractivity contribution >= 4 is 34.2 Å². The highest BCUT2D eigenvalue weighted by molar-refractivity contribution is 7.16. The summed E-state index contributed by atoms with van der Waals surface area (Å²) >= 11 is 8.06. The van der Waals surface area contributed by atoms with Crippen LogP contribution in [0.25, 0.3) is 5.57 Å². The monoisotopic (exact) mass is 356 g/mol. The van der Waals surface area contributed by atoms with Gasteiger partial charge in [0.15, 0.2) is 0 Å². The van der Waals surface area contributed by atoms with E-state index < -0.39 is 0 Å². The van der Waals surface area contributed by atoms with Crippen molar-refractivity contribution in [2.24, 2.45) is 4.99 Å². The molecule has 2 aliphatic rings. The number of fused-ring (bicyclic) bond motifs is 1. The van der Waals surface area contributed by atoms with Gasteiger partial charge in [-0.05, 0) is 49.2 Å². The molecule has 1 aromatic heterocycles. The molecule has 0 saturated heterocycles. The molecule has 1 aromatic carbocycles. The molecular formula is C20H21ClN2S. The maximum atomic E-state index is 6.34. The van der Waals surface area contributed by atoms with E-state index in [0.29, 0.717) is 5.92 Å². The van der Waals surface area contributed by atoms with Crippen LogP contribution in [0.5, 0.6) is 0 Å². The van der Waals surface area contributed by atoms with E-state index >= 15 is 0 Å². The number of nitrogens with zero attached hydrogens (tertiary/aromatic N) is 2. The van der Waals surface area contributed by atoms with Crippen molar-refractivity contribution in [1.29, 1.82) is 0 Å². The fraction of sp³-hybridized carbons (Fsp3) is 0.350. The molecule has 2 aliphatic heterocycles. The van der Waals surface area contributed by atoms with E-state index in [0.717, 1.165) is 29.7 Å². The molecule has 0 bridgehead atoms. The van der Waals surface area contributed by atoms with E-state index in [2.05, 4.69) is 61.1 Å². The number of allylic oxidation sites excluding steroid dienone is 1. The normalized spacial score (nSPS) is 21.2. The molecule has 0 amide bonds. The average Bonchev–Trinajstić information content (AvgIpc) is 3.08. The number of likely N-dealkylation sites (N-methyl/N-ethyl adjacent to an activating group) is 1. The number of hydrogen-bond acceptors (Lipinski definition) is 3. The molecule has 4 heteroatoms. The quantitative estimate of drug-likeness (QED) is 0.719. The lowest BCUT2D eigenvalue weighted by atomic mass is 9.82. The van der Waals surface area contributed by atoms with Gasteiger partial charge in [0.1, 0.15) is 0 Å². The Bertz CT molecular complexity index is 862. The molecule has 0 saturated carbocycles. The molecule has 0 N–H and O–H groups in total. The topological polar surface area (TPSA) is 15.6 Å². The minimum absolute atomic E-state index is 0.368. The van der Waals surface area contributed by atoms with Crippen molar-refractivity contribution in [3.8, 4) is 0 Å². The summed E-state index contributed by atoms with van der Waals surface area (Å²) < 4.78 is 0.895. The van der Waals surface area contributed by atoms with Gasteiger partial charge in [-0.2, -0.15) is 0 Å². The van der Waals surface area contributed by atoms with Crippen molar-refractivity contribution in [2.45, 2.75) is 26.3 Å². The summed E-state index contributed by atoms with van der Waals surface area (Å²) in [5.74, 6) is 0.368. The number of benzene rings is 1. The zero-order valence-corrected chi connectivity index (χ0v) is 15.8. The van der Waals surface area contributed by atoms with E-state index in [1.165, 1.54) is 32.7 Å². The Morgan fingerprint density at radius 3 is 2.75 bits per heavy atom. The first-order chi connectivity index (χ1) is 11.5.